The summed E-state index contributed by atoms with van der Waals surface area (Å²) in [6, 6.07) is 11.3. The minimum absolute atomic E-state index is 0.0322. The molecule has 25 heavy (non-hydrogen) atoms. The molecule has 0 aliphatic carbocycles. The fourth-order valence-corrected chi connectivity index (χ4v) is 3.14. The van der Waals surface area contributed by atoms with Crippen LogP contribution in [0.4, 0.5) is 0 Å². The van der Waals surface area contributed by atoms with E-state index < -0.39 is 5.97 Å². The van der Waals surface area contributed by atoms with Crippen LogP contribution < -0.4 is 0 Å². The third kappa shape index (κ3) is 3.26. The number of aliphatic hydroxyl groups is 2. The Morgan fingerprint density at radius 3 is 2.56 bits per heavy atom. The van der Waals surface area contributed by atoms with Gasteiger partial charge in [-0.05, 0) is 40.8 Å². The molecule has 0 aliphatic heterocycles. The van der Waals surface area contributed by atoms with Crippen molar-refractivity contribution < 1.29 is 20.1 Å². The van der Waals surface area contributed by atoms with Gasteiger partial charge >= 0.3 is 5.97 Å². The number of carboxylic acids is 1. The second-order valence-corrected chi connectivity index (χ2v) is 5.95. The first kappa shape index (κ1) is 17.1. The van der Waals surface area contributed by atoms with Crippen molar-refractivity contribution in [1.29, 1.82) is 0 Å². The molecule has 0 bridgehead atoms. The molecule has 3 N–H and O–H groups in total. The standard InChI is InChI=1S/C19H20N2O4/c1-21-16-9-13(5-7-15(16)20-17(21)11-23)19-12(6-8-18(24)25)3-2-4-14(19)10-22/h2-5,7,9,22-23H,6,8,10-11H2,1H3,(H,24,25). The maximum Gasteiger partial charge on any atom is 0.303 e. The van der Waals surface area contributed by atoms with Crippen LogP contribution >= 0.6 is 0 Å². The molecule has 0 fully saturated rings. The van der Waals surface area contributed by atoms with Gasteiger partial charge in [0, 0.05) is 13.5 Å². The summed E-state index contributed by atoms with van der Waals surface area (Å²) in [6.07, 6.45) is 0.425. The van der Waals surface area contributed by atoms with Crippen LogP contribution in [0.1, 0.15) is 23.4 Å². The van der Waals surface area contributed by atoms with Gasteiger partial charge in [-0.15, -0.1) is 0 Å². The molecule has 1 heterocycles. The molecule has 2 aromatic carbocycles. The molecule has 0 aliphatic rings. The Morgan fingerprint density at radius 2 is 1.88 bits per heavy atom. The van der Waals surface area contributed by atoms with Crippen molar-refractivity contribution >= 4 is 17.0 Å². The molecule has 130 valence electrons. The van der Waals surface area contributed by atoms with E-state index in [1.807, 2.05) is 48.0 Å². The van der Waals surface area contributed by atoms with Gasteiger partial charge in [-0.3, -0.25) is 4.79 Å². The zero-order chi connectivity index (χ0) is 18.0. The highest BCUT2D eigenvalue weighted by atomic mass is 16.4. The first-order valence-electron chi connectivity index (χ1n) is 8.05. The fraction of sp³-hybridized carbons (Fsp3) is 0.263. The number of aryl methyl sites for hydroxylation is 2. The summed E-state index contributed by atoms with van der Waals surface area (Å²) in [5.41, 5.74) is 5.05. The Hall–Kier alpha value is -2.70. The molecule has 3 rings (SSSR count). The normalized spacial score (nSPS) is 11.2. The van der Waals surface area contributed by atoms with Gasteiger partial charge in [0.05, 0.1) is 17.6 Å². The van der Waals surface area contributed by atoms with Gasteiger partial charge < -0.3 is 19.9 Å². The SMILES string of the molecule is Cn1c(CO)nc2ccc(-c3c(CO)cccc3CCC(=O)O)cc21. The largest absolute Gasteiger partial charge is 0.481 e. The lowest BCUT2D eigenvalue weighted by Crippen LogP contribution is -2.01. The highest BCUT2D eigenvalue weighted by Gasteiger charge is 2.14. The van der Waals surface area contributed by atoms with E-state index in [0.29, 0.717) is 12.2 Å². The molecule has 3 aromatic rings. The van der Waals surface area contributed by atoms with Crippen LogP contribution in [0.5, 0.6) is 0 Å². The topological polar surface area (TPSA) is 95.6 Å². The highest BCUT2D eigenvalue weighted by Crippen LogP contribution is 2.31. The minimum atomic E-state index is -0.852. The monoisotopic (exact) mass is 340 g/mol. The number of aromatic nitrogens is 2. The summed E-state index contributed by atoms with van der Waals surface area (Å²) >= 11 is 0. The van der Waals surface area contributed by atoms with Gasteiger partial charge in [0.15, 0.2) is 0 Å². The number of rotatable bonds is 6. The number of hydrogen-bond donors (Lipinski definition) is 3. The summed E-state index contributed by atoms with van der Waals surface area (Å²) in [7, 11) is 1.84. The number of nitrogens with zero attached hydrogens (tertiary/aromatic N) is 2. The van der Waals surface area contributed by atoms with Gasteiger partial charge in [-0.1, -0.05) is 24.3 Å². The molecule has 6 heteroatoms. The van der Waals surface area contributed by atoms with E-state index in [9.17, 15) is 15.0 Å². The molecule has 0 saturated carbocycles. The number of benzene rings is 2. The Kier molecular flexibility index (Phi) is 4.83. The van der Waals surface area contributed by atoms with E-state index in [2.05, 4.69) is 4.98 Å². The molecular weight excluding hydrogens is 320 g/mol. The average molecular weight is 340 g/mol. The summed E-state index contributed by atoms with van der Waals surface area (Å²) in [4.78, 5) is 15.3. The zero-order valence-corrected chi connectivity index (χ0v) is 13.9. The average Bonchev–Trinajstić information content (AvgIpc) is 2.95. The van der Waals surface area contributed by atoms with E-state index in [1.165, 1.54) is 0 Å². The van der Waals surface area contributed by atoms with Gasteiger partial charge in [0.25, 0.3) is 0 Å². The second kappa shape index (κ2) is 7.04. The number of fused-ring (bicyclic) bond motifs is 1. The number of aliphatic carboxylic acids is 1. The number of imidazole rings is 1. The van der Waals surface area contributed by atoms with E-state index in [0.717, 1.165) is 33.3 Å². The molecule has 0 spiro atoms. The second-order valence-electron chi connectivity index (χ2n) is 5.95. The first-order valence-corrected chi connectivity index (χ1v) is 8.05. The first-order chi connectivity index (χ1) is 12.0. The third-order valence-corrected chi connectivity index (χ3v) is 4.42. The smallest absolute Gasteiger partial charge is 0.303 e. The maximum atomic E-state index is 10.9. The minimum Gasteiger partial charge on any atom is -0.481 e. The van der Waals surface area contributed by atoms with Crippen molar-refractivity contribution in [2.45, 2.75) is 26.1 Å². The summed E-state index contributed by atoms with van der Waals surface area (Å²) in [6.45, 7) is -0.265. The Bertz CT molecular complexity index is 931. The lowest BCUT2D eigenvalue weighted by Gasteiger charge is -2.14. The Morgan fingerprint density at radius 1 is 1.12 bits per heavy atom. The van der Waals surface area contributed by atoms with Crippen molar-refractivity contribution in [1.82, 2.24) is 9.55 Å². The van der Waals surface area contributed by atoms with Gasteiger partial charge in [0.1, 0.15) is 12.4 Å². The molecule has 0 radical (unpaired) electrons. The lowest BCUT2D eigenvalue weighted by molar-refractivity contribution is -0.136. The van der Waals surface area contributed by atoms with Crippen LogP contribution in [-0.4, -0.2) is 30.8 Å². The molecule has 6 nitrogen and oxygen atoms in total. The van der Waals surface area contributed by atoms with E-state index in [-0.39, 0.29) is 19.6 Å². The summed E-state index contributed by atoms with van der Waals surface area (Å²) < 4.78 is 1.83. The van der Waals surface area contributed by atoms with E-state index in [1.54, 1.807) is 0 Å². The molecule has 1 aromatic heterocycles. The van der Waals surface area contributed by atoms with Gasteiger partial charge in [-0.2, -0.15) is 0 Å². The van der Waals surface area contributed by atoms with Crippen LogP contribution in [0.2, 0.25) is 0 Å². The molecule has 0 atom stereocenters. The van der Waals surface area contributed by atoms with Crippen molar-refractivity contribution in [2.24, 2.45) is 7.05 Å². The summed E-state index contributed by atoms with van der Waals surface area (Å²) in [5.74, 6) is -0.274. The Balaban J connectivity index is 2.15. The fourth-order valence-electron chi connectivity index (χ4n) is 3.14. The zero-order valence-electron chi connectivity index (χ0n) is 13.9. The summed E-state index contributed by atoms with van der Waals surface area (Å²) in [5, 5.41) is 28.1. The van der Waals surface area contributed by atoms with Gasteiger partial charge in [0.2, 0.25) is 0 Å². The number of hydrogen-bond acceptors (Lipinski definition) is 4. The van der Waals surface area contributed by atoms with Crippen LogP contribution in [0.15, 0.2) is 36.4 Å². The highest BCUT2D eigenvalue weighted by molar-refractivity contribution is 5.84. The van der Waals surface area contributed by atoms with Crippen LogP contribution in [0.3, 0.4) is 0 Å². The van der Waals surface area contributed by atoms with E-state index in [4.69, 9.17) is 5.11 Å². The van der Waals surface area contributed by atoms with Crippen molar-refractivity contribution in [3.05, 3.63) is 53.3 Å². The predicted molar refractivity (Wildman–Crippen MR) is 94.0 cm³/mol. The van der Waals surface area contributed by atoms with Crippen molar-refractivity contribution in [3.8, 4) is 11.1 Å². The third-order valence-electron chi connectivity index (χ3n) is 4.42. The van der Waals surface area contributed by atoms with Crippen LogP contribution in [0, 0.1) is 0 Å². The molecule has 0 amide bonds. The van der Waals surface area contributed by atoms with Crippen LogP contribution in [-0.2, 0) is 31.5 Å². The number of aliphatic hydroxyl groups excluding tert-OH is 2. The van der Waals surface area contributed by atoms with Crippen LogP contribution in [0.25, 0.3) is 22.2 Å². The quantitative estimate of drug-likeness (QED) is 0.640. The van der Waals surface area contributed by atoms with Crippen molar-refractivity contribution in [2.75, 3.05) is 0 Å². The number of carbonyl (C=O) groups is 1. The lowest BCUT2D eigenvalue weighted by atomic mass is 9.92. The Labute approximate surface area is 145 Å². The molecule has 0 saturated heterocycles. The van der Waals surface area contributed by atoms with Gasteiger partial charge in [-0.25, -0.2) is 4.98 Å². The predicted octanol–water partition coefficient (Wildman–Crippen LogP) is 2.24. The molecular formula is C19H20N2O4. The number of carboxylic acid groups (broad SMARTS) is 1. The molecule has 0 unspecified atom stereocenters. The maximum absolute atomic E-state index is 10.9. The van der Waals surface area contributed by atoms with E-state index >= 15 is 0 Å². The van der Waals surface area contributed by atoms with Crippen molar-refractivity contribution in [3.63, 3.8) is 0 Å².